The highest BCUT2D eigenvalue weighted by Gasteiger charge is 2.46. The molecule has 0 saturated carbocycles. The fraction of sp³-hybridized carbons (Fsp3) is 0.438. The van der Waals surface area contributed by atoms with Gasteiger partial charge in [-0.15, -0.1) is 0 Å². The van der Waals surface area contributed by atoms with E-state index in [0.29, 0.717) is 10.8 Å². The summed E-state index contributed by atoms with van der Waals surface area (Å²) in [5, 5.41) is 33.4. The number of aromatic amines is 1. The molecule has 2 heterocycles. The first-order valence-electron chi connectivity index (χ1n) is 7.73. The van der Waals surface area contributed by atoms with Gasteiger partial charge >= 0.3 is 0 Å². The Morgan fingerprint density at radius 3 is 2.84 bits per heavy atom. The Morgan fingerprint density at radius 1 is 1.40 bits per heavy atom. The van der Waals surface area contributed by atoms with E-state index in [-0.39, 0.29) is 0 Å². The van der Waals surface area contributed by atoms with Gasteiger partial charge in [0, 0.05) is 23.5 Å². The van der Waals surface area contributed by atoms with Gasteiger partial charge in [0.15, 0.2) is 0 Å². The molecule has 0 spiro atoms. The first-order chi connectivity index (χ1) is 11.9. The van der Waals surface area contributed by atoms with Crippen LogP contribution in [0.5, 0.6) is 5.75 Å². The maximum Gasteiger partial charge on any atom is 0.223 e. The van der Waals surface area contributed by atoms with Gasteiger partial charge in [-0.05, 0) is 18.2 Å². The second-order valence-corrected chi connectivity index (χ2v) is 6.33. The zero-order valence-corrected chi connectivity index (χ0v) is 14.1. The van der Waals surface area contributed by atoms with E-state index < -0.39 is 43.2 Å². The molecule has 8 nitrogen and oxygen atoms in total. The molecule has 3 rings (SSSR count). The van der Waals surface area contributed by atoms with Crippen LogP contribution >= 0.6 is 11.6 Å². The monoisotopic (exact) mass is 370 g/mol. The summed E-state index contributed by atoms with van der Waals surface area (Å²) in [6.07, 6.45) is -3.26. The quantitative estimate of drug-likeness (QED) is 0.521. The van der Waals surface area contributed by atoms with Crippen molar-refractivity contribution in [3.05, 3.63) is 29.4 Å². The van der Waals surface area contributed by atoms with Crippen molar-refractivity contribution in [2.24, 2.45) is 0 Å². The highest BCUT2D eigenvalue weighted by molar-refractivity contribution is 6.31. The molecule has 1 aromatic heterocycles. The van der Waals surface area contributed by atoms with Crippen molar-refractivity contribution in [3.63, 3.8) is 0 Å². The molecule has 1 aliphatic heterocycles. The number of amides is 1. The summed E-state index contributed by atoms with van der Waals surface area (Å²) in [7, 11) is 0. The number of H-pyrrole nitrogens is 1. The van der Waals surface area contributed by atoms with E-state index in [0.717, 1.165) is 10.9 Å². The average Bonchev–Trinajstić information content (AvgIpc) is 2.96. The van der Waals surface area contributed by atoms with E-state index in [4.69, 9.17) is 21.1 Å². The minimum atomic E-state index is -1.36. The Kier molecular flexibility index (Phi) is 5.16. The fourth-order valence-corrected chi connectivity index (χ4v) is 3.04. The van der Waals surface area contributed by atoms with Crippen molar-refractivity contribution in [1.29, 1.82) is 0 Å². The number of benzene rings is 1. The minimum absolute atomic E-state index is 0.415. The number of aliphatic hydroxyl groups is 3. The summed E-state index contributed by atoms with van der Waals surface area (Å²) in [5.41, 5.74) is 0.744. The zero-order valence-electron chi connectivity index (χ0n) is 13.3. The van der Waals surface area contributed by atoms with Gasteiger partial charge in [0.1, 0.15) is 30.1 Å². The first kappa shape index (κ1) is 18.0. The molecule has 0 unspecified atom stereocenters. The summed E-state index contributed by atoms with van der Waals surface area (Å²) in [4.78, 5) is 14.4. The Hall–Kier alpha value is -1.84. The molecule has 1 aliphatic rings. The van der Waals surface area contributed by atoms with Crippen LogP contribution in [0.15, 0.2) is 24.4 Å². The van der Waals surface area contributed by atoms with Crippen LogP contribution in [0.1, 0.15) is 6.92 Å². The Labute approximate surface area is 148 Å². The molecule has 2 aromatic rings. The first-order valence-corrected chi connectivity index (χ1v) is 8.11. The van der Waals surface area contributed by atoms with E-state index in [1.165, 1.54) is 6.92 Å². The van der Waals surface area contributed by atoms with Crippen molar-refractivity contribution in [1.82, 2.24) is 10.3 Å². The molecule has 25 heavy (non-hydrogen) atoms. The summed E-state index contributed by atoms with van der Waals surface area (Å²) >= 11 is 5.95. The van der Waals surface area contributed by atoms with Crippen LogP contribution in [0.4, 0.5) is 0 Å². The number of aromatic nitrogens is 1. The van der Waals surface area contributed by atoms with Gasteiger partial charge in [0.25, 0.3) is 0 Å². The molecule has 0 bridgehead atoms. The average molecular weight is 371 g/mol. The molecule has 0 aliphatic carbocycles. The highest BCUT2D eigenvalue weighted by atomic mass is 35.5. The number of fused-ring (bicyclic) bond motifs is 1. The topological polar surface area (TPSA) is 124 Å². The molecule has 1 aromatic carbocycles. The van der Waals surface area contributed by atoms with Crippen LogP contribution in [-0.4, -0.2) is 63.5 Å². The van der Waals surface area contributed by atoms with Crippen molar-refractivity contribution < 1.29 is 29.6 Å². The lowest BCUT2D eigenvalue weighted by Crippen LogP contribution is -2.65. The number of ether oxygens (including phenoxy) is 2. The van der Waals surface area contributed by atoms with Gasteiger partial charge in [0.05, 0.1) is 12.1 Å². The van der Waals surface area contributed by atoms with Crippen molar-refractivity contribution in [3.8, 4) is 5.75 Å². The standard InChI is InChI=1S/C16H19ClN2O6/c1-7(21)19-13-15(23)14(22)12(6-20)25-16(13)24-11-5-18-10-4-8(17)2-3-9(10)11/h2-5,12-16,18,20,22-23H,6H2,1H3,(H,19,21)/t12-,13-,14-,15-,16-/m1/s1. The number of nitrogens with one attached hydrogen (secondary N) is 2. The van der Waals surface area contributed by atoms with Gasteiger partial charge in [-0.3, -0.25) is 4.79 Å². The van der Waals surface area contributed by atoms with Gasteiger partial charge in [0.2, 0.25) is 12.2 Å². The van der Waals surface area contributed by atoms with Crippen molar-refractivity contribution in [2.45, 2.75) is 37.6 Å². The maximum absolute atomic E-state index is 11.4. The number of halogens is 1. The number of carbonyl (C=O) groups excluding carboxylic acids is 1. The van der Waals surface area contributed by atoms with Gasteiger partial charge in [-0.2, -0.15) is 0 Å². The molecule has 136 valence electrons. The molecule has 1 saturated heterocycles. The van der Waals surface area contributed by atoms with E-state index in [1.54, 1.807) is 24.4 Å². The van der Waals surface area contributed by atoms with Crippen LogP contribution in [0.3, 0.4) is 0 Å². The van der Waals surface area contributed by atoms with Crippen LogP contribution in [0, 0.1) is 0 Å². The lowest BCUT2D eigenvalue weighted by molar-refractivity contribution is -0.244. The van der Waals surface area contributed by atoms with Gasteiger partial charge in [-0.1, -0.05) is 11.6 Å². The summed E-state index contributed by atoms with van der Waals surface area (Å²) in [6.45, 7) is 0.774. The molecular formula is C16H19ClN2O6. The summed E-state index contributed by atoms with van der Waals surface area (Å²) < 4.78 is 11.4. The van der Waals surface area contributed by atoms with Crippen LogP contribution in [-0.2, 0) is 9.53 Å². The van der Waals surface area contributed by atoms with Crippen molar-refractivity contribution in [2.75, 3.05) is 6.61 Å². The molecule has 9 heteroatoms. The second kappa shape index (κ2) is 7.19. The van der Waals surface area contributed by atoms with Gasteiger partial charge in [-0.25, -0.2) is 0 Å². The third-order valence-corrected chi connectivity index (χ3v) is 4.33. The largest absolute Gasteiger partial charge is 0.460 e. The molecular weight excluding hydrogens is 352 g/mol. The van der Waals surface area contributed by atoms with Crippen LogP contribution < -0.4 is 10.1 Å². The van der Waals surface area contributed by atoms with Crippen LogP contribution in [0.25, 0.3) is 10.9 Å². The van der Waals surface area contributed by atoms with E-state index in [2.05, 4.69) is 10.3 Å². The summed E-state index contributed by atoms with van der Waals surface area (Å²) in [6, 6.07) is 4.18. The Morgan fingerprint density at radius 2 is 2.16 bits per heavy atom. The third kappa shape index (κ3) is 3.58. The molecule has 5 N–H and O–H groups in total. The maximum atomic E-state index is 11.4. The highest BCUT2D eigenvalue weighted by Crippen LogP contribution is 2.31. The van der Waals surface area contributed by atoms with E-state index in [1.807, 2.05) is 0 Å². The fourth-order valence-electron chi connectivity index (χ4n) is 2.87. The second-order valence-electron chi connectivity index (χ2n) is 5.89. The molecule has 1 fully saturated rings. The SMILES string of the molecule is CC(=O)N[C@H]1[C@H](Oc2c[nH]c3cc(Cl)ccc23)O[C@H](CO)[C@@H](O)[C@@H]1O. The lowest BCUT2D eigenvalue weighted by atomic mass is 9.97. The van der Waals surface area contributed by atoms with Crippen LogP contribution in [0.2, 0.25) is 5.02 Å². The number of hydrogen-bond donors (Lipinski definition) is 5. The predicted molar refractivity (Wildman–Crippen MR) is 89.3 cm³/mol. The predicted octanol–water partition coefficient (Wildman–Crippen LogP) is 0.144. The molecule has 5 atom stereocenters. The molecule has 1 amide bonds. The third-order valence-electron chi connectivity index (χ3n) is 4.10. The Bertz CT molecular complexity index is 766. The smallest absolute Gasteiger partial charge is 0.223 e. The lowest BCUT2D eigenvalue weighted by Gasteiger charge is -2.41. The van der Waals surface area contributed by atoms with E-state index in [9.17, 15) is 20.1 Å². The number of rotatable bonds is 4. The number of carbonyl (C=O) groups is 1. The molecule has 0 radical (unpaired) electrons. The zero-order chi connectivity index (χ0) is 18.1. The normalized spacial score (nSPS) is 29.6. The van der Waals surface area contributed by atoms with Gasteiger partial charge < -0.3 is 35.1 Å². The number of aliphatic hydroxyl groups excluding tert-OH is 3. The Balaban J connectivity index is 1.89. The van der Waals surface area contributed by atoms with Crippen molar-refractivity contribution >= 4 is 28.4 Å². The minimum Gasteiger partial charge on any atom is -0.460 e. The summed E-state index contributed by atoms with van der Waals surface area (Å²) in [5.74, 6) is 0.00825. The number of hydrogen-bond acceptors (Lipinski definition) is 6. The van der Waals surface area contributed by atoms with E-state index >= 15 is 0 Å².